The van der Waals surface area contributed by atoms with Crippen LogP contribution in [0.4, 0.5) is 0 Å². The lowest BCUT2D eigenvalue weighted by atomic mass is 10.0. The van der Waals surface area contributed by atoms with Crippen molar-refractivity contribution in [1.29, 1.82) is 0 Å². The van der Waals surface area contributed by atoms with E-state index < -0.39 is 24.0 Å². The maximum absolute atomic E-state index is 13.0. The number of rotatable bonds is 10. The Morgan fingerprint density at radius 3 is 1.86 bits per heavy atom. The number of halogens is 1. The highest BCUT2D eigenvalue weighted by Crippen LogP contribution is 2.08. The molecule has 0 aliphatic rings. The van der Waals surface area contributed by atoms with Gasteiger partial charge in [-0.2, -0.15) is 0 Å². The fraction of sp³-hybridized carbons (Fsp3) is 0.318. The summed E-state index contributed by atoms with van der Waals surface area (Å²) in [5.41, 5.74) is 1.80. The number of carbonyl (C=O) groups excluding carboxylic acids is 3. The Balaban J connectivity index is 2.16. The predicted octanol–water partition coefficient (Wildman–Crippen LogP) is 2.40. The van der Waals surface area contributed by atoms with Gasteiger partial charge in [-0.15, -0.1) is 0 Å². The molecule has 0 fully saturated rings. The molecule has 6 nitrogen and oxygen atoms in total. The van der Waals surface area contributed by atoms with E-state index in [2.05, 4.69) is 26.6 Å². The number of carbonyl (C=O) groups is 3. The van der Waals surface area contributed by atoms with Crippen LogP contribution in [-0.4, -0.2) is 41.8 Å². The summed E-state index contributed by atoms with van der Waals surface area (Å²) >= 11 is 3.10. The van der Waals surface area contributed by atoms with E-state index in [1.807, 2.05) is 60.7 Å². The Labute approximate surface area is 179 Å². The summed E-state index contributed by atoms with van der Waals surface area (Å²) in [7, 11) is 0. The first-order valence-corrected chi connectivity index (χ1v) is 10.6. The third-order valence-electron chi connectivity index (χ3n) is 4.23. The quantitative estimate of drug-likeness (QED) is 0.421. The lowest BCUT2D eigenvalue weighted by Gasteiger charge is -2.22. The average Bonchev–Trinajstić information content (AvgIpc) is 2.74. The highest BCUT2D eigenvalue weighted by molar-refractivity contribution is 9.09. The molecule has 0 aliphatic carbocycles. The van der Waals surface area contributed by atoms with Crippen molar-refractivity contribution in [2.45, 2.75) is 31.8 Å². The van der Waals surface area contributed by atoms with Gasteiger partial charge in [0.1, 0.15) is 12.1 Å². The number of nitrogens with one attached hydrogen (secondary N) is 2. The van der Waals surface area contributed by atoms with Gasteiger partial charge in [-0.3, -0.25) is 9.59 Å². The first-order valence-electron chi connectivity index (χ1n) is 9.43. The van der Waals surface area contributed by atoms with Gasteiger partial charge in [0.2, 0.25) is 11.8 Å². The van der Waals surface area contributed by atoms with E-state index in [9.17, 15) is 14.4 Å². The molecule has 2 amide bonds. The standard InChI is InChI=1S/C22H25BrN2O4/c1-2-29-22(28)19(14-17-11-7-4-8-12-17)25-21(27)18(24-20(26)15-23)13-16-9-5-3-6-10-16/h3-12,18-19H,2,13-15H2,1H3,(H,24,26)(H,25,27)/t18-,19-/m0/s1. The third kappa shape index (κ3) is 7.69. The molecule has 2 N–H and O–H groups in total. The molecule has 2 atom stereocenters. The molecule has 2 aromatic rings. The van der Waals surface area contributed by atoms with Crippen LogP contribution in [0.25, 0.3) is 0 Å². The lowest BCUT2D eigenvalue weighted by molar-refractivity contribution is -0.147. The third-order valence-corrected chi connectivity index (χ3v) is 4.74. The fourth-order valence-electron chi connectivity index (χ4n) is 2.85. The van der Waals surface area contributed by atoms with Crippen LogP contribution in [0.1, 0.15) is 18.1 Å². The summed E-state index contributed by atoms with van der Waals surface area (Å²) in [6.07, 6.45) is 0.613. The molecule has 0 saturated carbocycles. The molecule has 0 heterocycles. The second-order valence-electron chi connectivity index (χ2n) is 6.45. The largest absolute Gasteiger partial charge is 0.464 e. The minimum absolute atomic E-state index is 0.0802. The Kier molecular flexibility index (Phi) is 9.37. The van der Waals surface area contributed by atoms with E-state index in [0.29, 0.717) is 12.8 Å². The van der Waals surface area contributed by atoms with Crippen LogP contribution in [0.5, 0.6) is 0 Å². The van der Waals surface area contributed by atoms with Gasteiger partial charge in [0.15, 0.2) is 0 Å². The monoisotopic (exact) mass is 460 g/mol. The normalized spacial score (nSPS) is 12.5. The van der Waals surface area contributed by atoms with Gasteiger partial charge in [0, 0.05) is 12.8 Å². The summed E-state index contributed by atoms with van der Waals surface area (Å²) in [5, 5.41) is 5.54. The second kappa shape index (κ2) is 12.0. The maximum Gasteiger partial charge on any atom is 0.328 e. The molecule has 0 radical (unpaired) electrons. The van der Waals surface area contributed by atoms with Crippen LogP contribution in [0.2, 0.25) is 0 Å². The molecule has 154 valence electrons. The minimum Gasteiger partial charge on any atom is -0.464 e. The molecule has 0 unspecified atom stereocenters. The Morgan fingerprint density at radius 2 is 1.38 bits per heavy atom. The molecular weight excluding hydrogens is 436 g/mol. The van der Waals surface area contributed by atoms with Crippen LogP contribution in [-0.2, 0) is 32.0 Å². The van der Waals surface area contributed by atoms with Crippen LogP contribution in [0.15, 0.2) is 60.7 Å². The van der Waals surface area contributed by atoms with E-state index in [1.165, 1.54) is 0 Å². The summed E-state index contributed by atoms with van der Waals surface area (Å²) in [5.74, 6) is -1.25. The van der Waals surface area contributed by atoms with E-state index >= 15 is 0 Å². The summed E-state index contributed by atoms with van der Waals surface area (Å²) < 4.78 is 5.13. The number of amides is 2. The molecule has 0 saturated heterocycles. The fourth-order valence-corrected chi connectivity index (χ4v) is 3.01. The zero-order valence-electron chi connectivity index (χ0n) is 16.3. The van der Waals surface area contributed by atoms with E-state index in [1.54, 1.807) is 6.92 Å². The van der Waals surface area contributed by atoms with Gasteiger partial charge >= 0.3 is 5.97 Å². The first kappa shape index (κ1) is 22.6. The highest BCUT2D eigenvalue weighted by atomic mass is 79.9. The molecule has 0 aromatic heterocycles. The van der Waals surface area contributed by atoms with E-state index in [4.69, 9.17) is 4.74 Å². The van der Waals surface area contributed by atoms with Gasteiger partial charge in [0.05, 0.1) is 11.9 Å². The van der Waals surface area contributed by atoms with Crippen LogP contribution >= 0.6 is 15.9 Å². The van der Waals surface area contributed by atoms with Crippen molar-refractivity contribution < 1.29 is 19.1 Å². The molecule has 0 spiro atoms. The smallest absolute Gasteiger partial charge is 0.328 e. The van der Waals surface area contributed by atoms with Gasteiger partial charge < -0.3 is 15.4 Å². The summed E-state index contributed by atoms with van der Waals surface area (Å²) in [6, 6.07) is 17.1. The lowest BCUT2D eigenvalue weighted by Crippen LogP contribution is -2.53. The van der Waals surface area contributed by atoms with Crippen molar-refractivity contribution in [3.8, 4) is 0 Å². The van der Waals surface area contributed by atoms with Gasteiger partial charge in [0.25, 0.3) is 0 Å². The Morgan fingerprint density at radius 1 is 0.862 bits per heavy atom. The van der Waals surface area contributed by atoms with Crippen LogP contribution < -0.4 is 10.6 Å². The summed E-state index contributed by atoms with van der Waals surface area (Å²) in [6.45, 7) is 1.93. The van der Waals surface area contributed by atoms with Crippen LogP contribution in [0.3, 0.4) is 0 Å². The highest BCUT2D eigenvalue weighted by Gasteiger charge is 2.27. The van der Waals surface area contributed by atoms with Crippen molar-refractivity contribution in [2.24, 2.45) is 0 Å². The minimum atomic E-state index is -0.844. The van der Waals surface area contributed by atoms with Crippen molar-refractivity contribution in [1.82, 2.24) is 10.6 Å². The predicted molar refractivity (Wildman–Crippen MR) is 115 cm³/mol. The number of hydrogen-bond acceptors (Lipinski definition) is 4. The number of esters is 1. The molecular formula is C22H25BrN2O4. The zero-order chi connectivity index (χ0) is 21.1. The number of benzene rings is 2. The van der Waals surface area contributed by atoms with Crippen molar-refractivity contribution in [2.75, 3.05) is 11.9 Å². The maximum atomic E-state index is 13.0. The van der Waals surface area contributed by atoms with Crippen LogP contribution in [0, 0.1) is 0 Å². The van der Waals surface area contributed by atoms with Crippen molar-refractivity contribution in [3.05, 3.63) is 71.8 Å². The molecule has 0 aliphatic heterocycles. The molecule has 29 heavy (non-hydrogen) atoms. The Hall–Kier alpha value is -2.67. The average molecular weight is 461 g/mol. The van der Waals surface area contributed by atoms with E-state index in [-0.39, 0.29) is 17.8 Å². The zero-order valence-corrected chi connectivity index (χ0v) is 17.9. The molecule has 2 aromatic carbocycles. The molecule has 0 bridgehead atoms. The SMILES string of the molecule is CCOC(=O)[C@H](Cc1ccccc1)NC(=O)[C@H](Cc1ccccc1)NC(=O)CBr. The van der Waals surface area contributed by atoms with Gasteiger partial charge in [-0.05, 0) is 18.1 Å². The summed E-state index contributed by atoms with van der Waals surface area (Å²) in [4.78, 5) is 37.3. The number of ether oxygens (including phenoxy) is 1. The molecule has 7 heteroatoms. The first-order chi connectivity index (χ1) is 14.0. The Bertz CT molecular complexity index is 799. The second-order valence-corrected chi connectivity index (χ2v) is 7.01. The van der Waals surface area contributed by atoms with Crippen molar-refractivity contribution in [3.63, 3.8) is 0 Å². The topological polar surface area (TPSA) is 84.5 Å². The van der Waals surface area contributed by atoms with E-state index in [0.717, 1.165) is 11.1 Å². The van der Waals surface area contributed by atoms with Gasteiger partial charge in [-0.25, -0.2) is 4.79 Å². The molecule has 2 rings (SSSR count). The number of hydrogen-bond donors (Lipinski definition) is 2. The number of alkyl halides is 1. The van der Waals surface area contributed by atoms with Gasteiger partial charge in [-0.1, -0.05) is 76.6 Å². The van der Waals surface area contributed by atoms with Crippen molar-refractivity contribution >= 4 is 33.7 Å².